The Kier molecular flexibility index (Phi) is 7.49. The summed E-state index contributed by atoms with van der Waals surface area (Å²) in [6, 6.07) is 11.7. The first-order chi connectivity index (χ1) is 20.6. The van der Waals surface area contributed by atoms with Gasteiger partial charge in [0.2, 0.25) is 10.0 Å². The van der Waals surface area contributed by atoms with E-state index in [-0.39, 0.29) is 16.9 Å². The predicted octanol–water partition coefficient (Wildman–Crippen LogP) is 6.27. The van der Waals surface area contributed by atoms with Gasteiger partial charge in [0, 0.05) is 35.5 Å². The molecular formula is C34H43ClN2O5S. The van der Waals surface area contributed by atoms with Crippen molar-refractivity contribution in [3.8, 4) is 5.75 Å². The van der Waals surface area contributed by atoms with Crippen LogP contribution in [0.3, 0.4) is 0 Å². The lowest BCUT2D eigenvalue weighted by Gasteiger charge is -2.56. The maximum Gasteiger partial charge on any atom is 0.264 e. The Hall–Kier alpha value is -2.29. The number of fused-ring (bicyclic) bond motifs is 5. The summed E-state index contributed by atoms with van der Waals surface area (Å²) in [5.41, 5.74) is 3.48. The lowest BCUT2D eigenvalue weighted by atomic mass is 9.60. The van der Waals surface area contributed by atoms with Crippen molar-refractivity contribution in [3.05, 3.63) is 58.1 Å². The third kappa shape index (κ3) is 5.15. The Balaban J connectivity index is 1.30. The molecule has 6 atom stereocenters. The molecule has 5 aliphatic rings. The van der Waals surface area contributed by atoms with Crippen LogP contribution in [0.2, 0.25) is 5.02 Å². The fraction of sp³-hybridized carbons (Fsp3) is 0.618. The summed E-state index contributed by atoms with van der Waals surface area (Å²) < 4.78 is 42.0. The molecule has 3 heterocycles. The molecule has 7 nitrogen and oxygen atoms in total. The van der Waals surface area contributed by atoms with E-state index in [1.54, 1.807) is 13.0 Å². The van der Waals surface area contributed by atoms with Crippen molar-refractivity contribution in [2.75, 3.05) is 31.2 Å². The van der Waals surface area contributed by atoms with Gasteiger partial charge in [-0.15, -0.1) is 0 Å². The number of carbonyl (C=O) groups is 1. The van der Waals surface area contributed by atoms with E-state index >= 15 is 0 Å². The van der Waals surface area contributed by atoms with E-state index < -0.39 is 21.2 Å². The van der Waals surface area contributed by atoms with Crippen LogP contribution >= 0.6 is 11.6 Å². The molecule has 0 unspecified atom stereocenters. The van der Waals surface area contributed by atoms with Gasteiger partial charge in [-0.3, -0.25) is 4.79 Å². The smallest absolute Gasteiger partial charge is 0.264 e. The Morgan fingerprint density at radius 2 is 1.86 bits per heavy atom. The van der Waals surface area contributed by atoms with Crippen LogP contribution in [0.15, 0.2) is 36.4 Å². The zero-order valence-corrected chi connectivity index (χ0v) is 26.8. The van der Waals surface area contributed by atoms with Crippen LogP contribution < -0.4 is 14.4 Å². The van der Waals surface area contributed by atoms with Gasteiger partial charge in [0.25, 0.3) is 5.91 Å². The van der Waals surface area contributed by atoms with Gasteiger partial charge in [-0.2, -0.15) is 0 Å². The van der Waals surface area contributed by atoms with Gasteiger partial charge in [0.1, 0.15) is 5.75 Å². The SMILES string of the molecule is C[C@@H]1[C@@H](C)CCC[C@]2(CCO2)[C@@H]2CC[C@H]2CN2C[C@@]3(CCCc4cc(Cl)ccc43)COc3ccc(cc32)C(=O)NS1(=O)=O. The first kappa shape index (κ1) is 29.4. The quantitative estimate of drug-likeness (QED) is 0.371. The number of ether oxygens (including phenoxy) is 2. The van der Waals surface area contributed by atoms with Crippen LogP contribution in [0.4, 0.5) is 5.69 Å². The number of aryl methyl sites for hydroxylation is 1. The molecule has 1 saturated carbocycles. The second-order valence-corrected chi connectivity index (χ2v) is 16.4. The lowest BCUT2D eigenvalue weighted by molar-refractivity contribution is -0.215. The van der Waals surface area contributed by atoms with E-state index in [1.165, 1.54) is 11.1 Å². The summed E-state index contributed by atoms with van der Waals surface area (Å²) in [5.74, 6) is 1.05. The zero-order valence-electron chi connectivity index (χ0n) is 25.2. The van der Waals surface area contributed by atoms with E-state index in [9.17, 15) is 13.2 Å². The molecular weight excluding hydrogens is 584 g/mol. The number of rotatable bonds is 0. The molecule has 2 aliphatic carbocycles. The predicted molar refractivity (Wildman–Crippen MR) is 169 cm³/mol. The number of hydrogen-bond acceptors (Lipinski definition) is 6. The Bertz CT molecular complexity index is 1520. The van der Waals surface area contributed by atoms with E-state index in [4.69, 9.17) is 21.1 Å². The summed E-state index contributed by atoms with van der Waals surface area (Å²) in [4.78, 5) is 15.9. The minimum Gasteiger partial charge on any atom is -0.490 e. The number of nitrogens with zero attached hydrogens (tertiary/aromatic N) is 1. The number of anilines is 1. The molecule has 2 aromatic carbocycles. The molecule has 1 N–H and O–H groups in total. The van der Waals surface area contributed by atoms with Crippen molar-refractivity contribution in [1.82, 2.24) is 4.72 Å². The fourth-order valence-electron chi connectivity index (χ4n) is 8.60. The average molecular weight is 627 g/mol. The van der Waals surface area contributed by atoms with E-state index in [1.807, 2.05) is 25.1 Å². The highest BCUT2D eigenvalue weighted by molar-refractivity contribution is 7.90. The molecule has 1 saturated heterocycles. The van der Waals surface area contributed by atoms with Gasteiger partial charge in [-0.25, -0.2) is 13.1 Å². The fourth-order valence-corrected chi connectivity index (χ4v) is 10.1. The molecule has 9 heteroatoms. The van der Waals surface area contributed by atoms with Crippen molar-refractivity contribution < 1.29 is 22.7 Å². The van der Waals surface area contributed by atoms with Crippen molar-refractivity contribution in [3.63, 3.8) is 0 Å². The van der Waals surface area contributed by atoms with Crippen LogP contribution in [0, 0.1) is 17.8 Å². The van der Waals surface area contributed by atoms with Gasteiger partial charge in [-0.05, 0) is 111 Å². The molecule has 43 heavy (non-hydrogen) atoms. The molecule has 0 radical (unpaired) electrons. The number of amides is 1. The van der Waals surface area contributed by atoms with Crippen LogP contribution in [-0.4, -0.2) is 51.5 Å². The van der Waals surface area contributed by atoms with Gasteiger partial charge in [0.05, 0.1) is 29.8 Å². The van der Waals surface area contributed by atoms with Crippen LogP contribution in [0.5, 0.6) is 5.75 Å². The Morgan fingerprint density at radius 3 is 2.60 bits per heavy atom. The number of hydrogen-bond donors (Lipinski definition) is 1. The minimum absolute atomic E-state index is 0.0760. The van der Waals surface area contributed by atoms with Crippen LogP contribution in [0.25, 0.3) is 0 Å². The molecule has 2 bridgehead atoms. The molecule has 1 amide bonds. The largest absolute Gasteiger partial charge is 0.490 e. The van der Waals surface area contributed by atoms with E-state index in [2.05, 4.69) is 21.8 Å². The molecule has 2 fully saturated rings. The third-order valence-electron chi connectivity index (χ3n) is 11.5. The first-order valence-electron chi connectivity index (χ1n) is 16.1. The maximum atomic E-state index is 13.4. The summed E-state index contributed by atoms with van der Waals surface area (Å²) in [6.07, 6.45) is 9.14. The van der Waals surface area contributed by atoms with E-state index in [0.29, 0.717) is 24.0 Å². The third-order valence-corrected chi connectivity index (χ3v) is 13.7. The van der Waals surface area contributed by atoms with Crippen molar-refractivity contribution >= 4 is 33.2 Å². The van der Waals surface area contributed by atoms with Gasteiger partial charge < -0.3 is 14.4 Å². The standard InChI is InChI=1S/C34H43ClN2O5S/c1-22-5-3-14-34(15-16-42-34)29-10-7-26(29)19-37-20-33(13-4-6-24-17-27(35)9-11-28(24)33)21-41-31-12-8-25(18-30(31)37)32(38)36-43(39,40)23(22)2/h8-9,11-12,17-18,22-23,26,29H,3-7,10,13-16,19-21H2,1-2H3,(H,36,38)/t22-,23+,26-,29+,33-,34-/m0/s1. The van der Waals surface area contributed by atoms with E-state index in [0.717, 1.165) is 93.9 Å². The lowest BCUT2D eigenvalue weighted by Crippen LogP contribution is -2.58. The van der Waals surface area contributed by atoms with Crippen molar-refractivity contribution in [2.45, 2.75) is 87.9 Å². The number of halogens is 1. The Labute approximate surface area is 260 Å². The normalized spacial score (nSPS) is 35.4. The average Bonchev–Trinajstić information content (AvgIpc) is 3.09. The number of carbonyl (C=O) groups excluding carboxylic acids is 1. The molecule has 232 valence electrons. The molecule has 2 spiro atoms. The number of benzene rings is 2. The highest BCUT2D eigenvalue weighted by Crippen LogP contribution is 2.53. The highest BCUT2D eigenvalue weighted by atomic mass is 35.5. The summed E-state index contributed by atoms with van der Waals surface area (Å²) in [6.45, 7) is 6.66. The molecule has 2 aromatic rings. The maximum absolute atomic E-state index is 13.4. The second-order valence-electron chi connectivity index (χ2n) is 13.9. The van der Waals surface area contributed by atoms with Crippen LogP contribution in [-0.2, 0) is 26.6 Å². The molecule has 0 aromatic heterocycles. The number of nitrogens with one attached hydrogen (secondary N) is 1. The summed E-state index contributed by atoms with van der Waals surface area (Å²) >= 11 is 6.43. The second kappa shape index (κ2) is 11.0. The Morgan fingerprint density at radius 1 is 1.02 bits per heavy atom. The first-order valence-corrected chi connectivity index (χ1v) is 18.0. The summed E-state index contributed by atoms with van der Waals surface area (Å²) in [7, 11) is -3.85. The number of sulfonamides is 1. The highest BCUT2D eigenvalue weighted by Gasteiger charge is 2.53. The van der Waals surface area contributed by atoms with Crippen molar-refractivity contribution in [1.29, 1.82) is 0 Å². The van der Waals surface area contributed by atoms with Gasteiger partial charge in [0.15, 0.2) is 0 Å². The monoisotopic (exact) mass is 626 g/mol. The van der Waals surface area contributed by atoms with Crippen LogP contribution in [0.1, 0.15) is 86.7 Å². The van der Waals surface area contributed by atoms with Gasteiger partial charge >= 0.3 is 0 Å². The van der Waals surface area contributed by atoms with Gasteiger partial charge in [-0.1, -0.05) is 31.0 Å². The topological polar surface area (TPSA) is 84.9 Å². The molecule has 3 aliphatic heterocycles. The molecule has 7 rings (SSSR count). The minimum atomic E-state index is -3.85. The van der Waals surface area contributed by atoms with Crippen molar-refractivity contribution in [2.24, 2.45) is 17.8 Å². The zero-order chi connectivity index (χ0) is 30.0. The summed E-state index contributed by atoms with van der Waals surface area (Å²) in [5, 5.41) is 0.0792.